The van der Waals surface area contributed by atoms with Crippen molar-refractivity contribution in [3.05, 3.63) is 35.4 Å². The van der Waals surface area contributed by atoms with Crippen molar-refractivity contribution in [3.8, 4) is 0 Å². The predicted molar refractivity (Wildman–Crippen MR) is 102 cm³/mol. The van der Waals surface area contributed by atoms with Crippen LogP contribution in [-0.2, 0) is 4.12 Å². The largest absolute Gasteiger partial charge is 0.478 e. The Hall–Kier alpha value is -0.916. The predicted octanol–water partition coefficient (Wildman–Crippen LogP) is 5.64. The highest BCUT2D eigenvalue weighted by molar-refractivity contribution is 6.84. The summed E-state index contributed by atoms with van der Waals surface area (Å²) in [6, 6.07) is 7.43. The molecule has 1 rings (SSSR count). The Morgan fingerprint density at radius 2 is 1.65 bits per heavy atom. The summed E-state index contributed by atoms with van der Waals surface area (Å²) in [6.07, 6.45) is 4.78. The van der Waals surface area contributed by atoms with E-state index in [1.807, 2.05) is 12.1 Å². The van der Waals surface area contributed by atoms with Gasteiger partial charge in [-0.05, 0) is 56.9 Å². The maximum absolute atomic E-state index is 11.1. The van der Waals surface area contributed by atoms with E-state index in [0.29, 0.717) is 11.1 Å². The van der Waals surface area contributed by atoms with Gasteiger partial charge in [0.2, 0.25) is 0 Å². The van der Waals surface area contributed by atoms with Crippen LogP contribution in [0.2, 0.25) is 32.7 Å². The average molecular weight is 353 g/mol. The third-order valence-corrected chi connectivity index (χ3v) is 10.9. The minimum Gasteiger partial charge on any atom is -0.478 e. The molecule has 1 unspecified atom stereocenters. The third-order valence-electron chi connectivity index (χ3n) is 4.06. The molecule has 1 aromatic carbocycles. The molecule has 1 aromatic rings. The van der Waals surface area contributed by atoms with Crippen molar-refractivity contribution in [2.24, 2.45) is 0 Å². The average Bonchev–Trinajstić information content (AvgIpc) is 2.41. The summed E-state index contributed by atoms with van der Waals surface area (Å²) in [5.74, 6) is -0.867. The molecule has 130 valence electrons. The molecule has 1 atom stereocenters. The van der Waals surface area contributed by atoms with E-state index in [2.05, 4.69) is 39.7 Å². The normalized spacial score (nSPS) is 13.8. The number of carboxylic acid groups (broad SMARTS) is 1. The molecule has 0 saturated heterocycles. The van der Waals surface area contributed by atoms with E-state index in [0.717, 1.165) is 6.42 Å². The smallest absolute Gasteiger partial charge is 0.335 e. The second-order valence-corrected chi connectivity index (χ2v) is 16.7. The Morgan fingerprint density at radius 3 is 2.09 bits per heavy atom. The van der Waals surface area contributed by atoms with Gasteiger partial charge in [-0.1, -0.05) is 38.3 Å². The van der Waals surface area contributed by atoms with Crippen LogP contribution in [0, 0.1) is 0 Å². The Kier molecular flexibility index (Phi) is 7.23. The number of benzene rings is 1. The Morgan fingerprint density at radius 1 is 1.09 bits per heavy atom. The topological polar surface area (TPSA) is 46.5 Å². The third kappa shape index (κ3) is 6.61. The van der Waals surface area contributed by atoms with Gasteiger partial charge in [-0.15, -0.1) is 0 Å². The molecule has 1 N–H and O–H groups in total. The molecular formula is C18H32O3Si2. The number of unbranched alkanes of at least 4 members (excludes halogenated alkanes) is 2. The van der Waals surface area contributed by atoms with Gasteiger partial charge in [0, 0.05) is 5.54 Å². The van der Waals surface area contributed by atoms with Crippen LogP contribution in [0.5, 0.6) is 0 Å². The zero-order valence-corrected chi connectivity index (χ0v) is 17.5. The number of hydrogen-bond acceptors (Lipinski definition) is 2. The number of carboxylic acids is 1. The molecule has 0 fully saturated rings. The van der Waals surface area contributed by atoms with Gasteiger partial charge in [0.05, 0.1) is 5.56 Å². The van der Waals surface area contributed by atoms with Crippen LogP contribution in [0.1, 0.15) is 54.1 Å². The molecule has 3 nitrogen and oxygen atoms in total. The van der Waals surface area contributed by atoms with Crippen LogP contribution >= 0.6 is 0 Å². The molecule has 0 radical (unpaired) electrons. The summed E-state index contributed by atoms with van der Waals surface area (Å²) in [7, 11) is -3.49. The standard InChI is InChI=1S/C18H32O3Si2/c1-7-8-9-10-17(23(5,6)21-22(2,3)4)15-11-13-16(14-12-15)18(19)20/h11-14,17H,7-10H2,1-6H3,(H,19,20). The van der Waals surface area contributed by atoms with Crippen LogP contribution < -0.4 is 0 Å². The molecule has 0 aliphatic carbocycles. The highest BCUT2D eigenvalue weighted by atomic mass is 28.4. The fourth-order valence-corrected chi connectivity index (χ4v) is 12.0. The highest BCUT2D eigenvalue weighted by Crippen LogP contribution is 2.35. The molecule has 0 aliphatic heterocycles. The van der Waals surface area contributed by atoms with Gasteiger partial charge < -0.3 is 9.22 Å². The van der Waals surface area contributed by atoms with Gasteiger partial charge in [0.15, 0.2) is 16.6 Å². The van der Waals surface area contributed by atoms with Crippen LogP contribution in [0.3, 0.4) is 0 Å². The Balaban J connectivity index is 3.05. The maximum atomic E-state index is 11.1. The number of carbonyl (C=O) groups is 1. The van der Waals surface area contributed by atoms with Gasteiger partial charge >= 0.3 is 5.97 Å². The van der Waals surface area contributed by atoms with E-state index >= 15 is 0 Å². The van der Waals surface area contributed by atoms with Crippen LogP contribution in [0.4, 0.5) is 0 Å². The lowest BCUT2D eigenvalue weighted by Crippen LogP contribution is -2.47. The molecular weight excluding hydrogens is 320 g/mol. The molecule has 0 aromatic heterocycles. The molecule has 0 aliphatic rings. The molecule has 0 amide bonds. The molecule has 23 heavy (non-hydrogen) atoms. The van der Waals surface area contributed by atoms with Crippen molar-refractivity contribution in [1.82, 2.24) is 0 Å². The van der Waals surface area contributed by atoms with Crippen molar-refractivity contribution in [2.75, 3.05) is 0 Å². The van der Waals surface area contributed by atoms with E-state index in [4.69, 9.17) is 9.22 Å². The summed E-state index contributed by atoms with van der Waals surface area (Å²) < 4.78 is 6.61. The number of aromatic carboxylic acids is 1. The fraction of sp³-hybridized carbons (Fsp3) is 0.611. The molecule has 0 heterocycles. The van der Waals surface area contributed by atoms with Gasteiger partial charge in [-0.2, -0.15) is 0 Å². The second-order valence-electron chi connectivity index (χ2n) is 7.79. The second kappa shape index (κ2) is 8.26. The van der Waals surface area contributed by atoms with E-state index in [-0.39, 0.29) is 0 Å². The zero-order valence-electron chi connectivity index (χ0n) is 15.5. The SMILES string of the molecule is CCCCCC(c1ccc(C(=O)O)cc1)[Si](C)(C)O[Si](C)(C)C. The summed E-state index contributed by atoms with van der Waals surface area (Å²) >= 11 is 0. The first-order chi connectivity index (χ1) is 10.6. The monoisotopic (exact) mass is 352 g/mol. The first-order valence-corrected chi connectivity index (χ1v) is 15.0. The van der Waals surface area contributed by atoms with E-state index in [1.54, 1.807) is 12.1 Å². The lowest BCUT2D eigenvalue weighted by Gasteiger charge is -2.38. The van der Waals surface area contributed by atoms with Crippen molar-refractivity contribution in [1.29, 1.82) is 0 Å². The highest BCUT2D eigenvalue weighted by Gasteiger charge is 2.38. The Labute approximate surface area is 143 Å². The van der Waals surface area contributed by atoms with Crippen molar-refractivity contribution >= 4 is 22.6 Å². The van der Waals surface area contributed by atoms with Crippen LogP contribution in [0.15, 0.2) is 24.3 Å². The van der Waals surface area contributed by atoms with Crippen molar-refractivity contribution in [2.45, 2.75) is 70.9 Å². The summed E-state index contributed by atoms with van der Waals surface area (Å²) in [5, 5.41) is 9.09. The van der Waals surface area contributed by atoms with Gasteiger partial charge in [-0.3, -0.25) is 0 Å². The van der Waals surface area contributed by atoms with Gasteiger partial charge in [0.25, 0.3) is 0 Å². The zero-order chi connectivity index (χ0) is 17.7. The lowest BCUT2D eigenvalue weighted by atomic mass is 10.0. The molecule has 5 heteroatoms. The van der Waals surface area contributed by atoms with Gasteiger partial charge in [-0.25, -0.2) is 4.79 Å². The lowest BCUT2D eigenvalue weighted by molar-refractivity contribution is 0.0697. The summed E-state index contributed by atoms with van der Waals surface area (Å²) in [5.41, 5.74) is 2.01. The quantitative estimate of drug-likeness (QED) is 0.462. The molecule has 0 bridgehead atoms. The van der Waals surface area contributed by atoms with E-state index < -0.39 is 22.6 Å². The van der Waals surface area contributed by atoms with E-state index in [9.17, 15) is 4.79 Å². The minimum absolute atomic E-state index is 0.353. The first-order valence-electron chi connectivity index (χ1n) is 8.60. The van der Waals surface area contributed by atoms with Gasteiger partial charge in [0.1, 0.15) is 0 Å². The fourth-order valence-electron chi connectivity index (χ4n) is 3.23. The molecule has 0 spiro atoms. The summed E-state index contributed by atoms with van der Waals surface area (Å²) in [4.78, 5) is 11.1. The first kappa shape index (κ1) is 20.1. The number of rotatable bonds is 9. The Bertz CT molecular complexity index is 504. The summed E-state index contributed by atoms with van der Waals surface area (Å²) in [6.45, 7) is 13.6. The van der Waals surface area contributed by atoms with Crippen molar-refractivity contribution in [3.63, 3.8) is 0 Å². The van der Waals surface area contributed by atoms with Crippen molar-refractivity contribution < 1.29 is 14.0 Å². The minimum atomic E-state index is -1.89. The molecule has 0 saturated carbocycles. The van der Waals surface area contributed by atoms with Crippen LogP contribution in [0.25, 0.3) is 0 Å². The maximum Gasteiger partial charge on any atom is 0.335 e. The van der Waals surface area contributed by atoms with Crippen LogP contribution in [-0.4, -0.2) is 27.7 Å². The number of hydrogen-bond donors (Lipinski definition) is 1. The van der Waals surface area contributed by atoms with E-state index in [1.165, 1.54) is 24.8 Å².